The van der Waals surface area contributed by atoms with Gasteiger partial charge in [-0.05, 0) is 31.5 Å². The number of rotatable bonds is 7. The van der Waals surface area contributed by atoms with Crippen molar-refractivity contribution in [3.05, 3.63) is 51.0 Å². The van der Waals surface area contributed by atoms with Gasteiger partial charge in [0.1, 0.15) is 0 Å². The predicted molar refractivity (Wildman–Crippen MR) is 122 cm³/mol. The van der Waals surface area contributed by atoms with Gasteiger partial charge < -0.3 is 15.5 Å². The molecule has 1 saturated heterocycles. The number of likely N-dealkylation sites (N-methyl/N-ethyl adjacent to an activating group) is 1. The molecule has 0 unspecified atom stereocenters. The van der Waals surface area contributed by atoms with E-state index in [1.165, 1.54) is 29.1 Å². The van der Waals surface area contributed by atoms with Crippen molar-refractivity contribution >= 4 is 17.3 Å². The molecule has 1 aliphatic rings. The maximum Gasteiger partial charge on any atom is 0.191 e. The number of hydrogen-bond donors (Lipinski definition) is 2. The minimum absolute atomic E-state index is 0.751. The first-order valence-electron chi connectivity index (χ1n) is 10.5. The van der Waals surface area contributed by atoms with Gasteiger partial charge in [0.05, 0.1) is 17.2 Å². The van der Waals surface area contributed by atoms with Crippen LogP contribution in [0.2, 0.25) is 0 Å². The molecule has 3 rings (SSSR count). The van der Waals surface area contributed by atoms with Gasteiger partial charge in [-0.1, -0.05) is 31.2 Å². The Labute approximate surface area is 179 Å². The first kappa shape index (κ1) is 21.7. The summed E-state index contributed by atoms with van der Waals surface area (Å²) < 4.78 is 0. The third kappa shape index (κ3) is 6.52. The zero-order valence-electron chi connectivity index (χ0n) is 18.2. The second-order valence-electron chi connectivity index (χ2n) is 7.55. The van der Waals surface area contributed by atoms with Crippen LogP contribution in [-0.4, -0.2) is 60.5 Å². The summed E-state index contributed by atoms with van der Waals surface area (Å²) in [5, 5.41) is 7.89. The molecule has 158 valence electrons. The average Bonchev–Trinajstić information content (AvgIpc) is 3.07. The highest BCUT2D eigenvalue weighted by molar-refractivity contribution is 7.11. The van der Waals surface area contributed by atoms with E-state index in [-0.39, 0.29) is 0 Å². The largest absolute Gasteiger partial charge is 0.352 e. The summed E-state index contributed by atoms with van der Waals surface area (Å²) in [5.74, 6) is 0.813. The van der Waals surface area contributed by atoms with E-state index in [0.717, 1.165) is 55.9 Å². The number of nitrogens with one attached hydrogen (secondary N) is 2. The number of nitrogens with zero attached hydrogens (tertiary/aromatic N) is 4. The smallest absolute Gasteiger partial charge is 0.191 e. The fourth-order valence-corrected chi connectivity index (χ4v) is 4.47. The van der Waals surface area contributed by atoms with Gasteiger partial charge in [-0.15, -0.1) is 11.3 Å². The Balaban J connectivity index is 1.43. The second kappa shape index (κ2) is 10.7. The highest BCUT2D eigenvalue weighted by Gasteiger charge is 2.15. The molecule has 1 aromatic heterocycles. The van der Waals surface area contributed by atoms with Crippen molar-refractivity contribution in [2.45, 2.75) is 40.4 Å². The predicted octanol–water partition coefficient (Wildman–Crippen LogP) is 2.76. The SMILES string of the molecule is CCN1CCN(Cc2ccc(CNC(=NC)NCc3sc(C)nc3C)cc2)CC1. The first-order chi connectivity index (χ1) is 14.1. The molecule has 2 aromatic rings. The fourth-order valence-electron chi connectivity index (χ4n) is 3.59. The van der Waals surface area contributed by atoms with Crippen molar-refractivity contribution in [1.82, 2.24) is 25.4 Å². The van der Waals surface area contributed by atoms with Gasteiger partial charge >= 0.3 is 0 Å². The zero-order chi connectivity index (χ0) is 20.6. The van der Waals surface area contributed by atoms with Crippen LogP contribution < -0.4 is 10.6 Å². The second-order valence-corrected chi connectivity index (χ2v) is 8.84. The minimum Gasteiger partial charge on any atom is -0.352 e. The maximum atomic E-state index is 4.48. The number of aliphatic imine (C=N–C) groups is 1. The van der Waals surface area contributed by atoms with Crippen LogP contribution in [0.1, 0.15) is 33.6 Å². The van der Waals surface area contributed by atoms with Gasteiger partial charge in [0.25, 0.3) is 0 Å². The molecule has 29 heavy (non-hydrogen) atoms. The Morgan fingerprint density at radius 3 is 2.21 bits per heavy atom. The summed E-state index contributed by atoms with van der Waals surface area (Å²) in [7, 11) is 1.81. The monoisotopic (exact) mass is 414 g/mol. The summed E-state index contributed by atoms with van der Waals surface area (Å²) in [5.41, 5.74) is 3.75. The number of thiazole rings is 1. The molecular formula is C22H34N6S. The number of piperazine rings is 1. The molecule has 7 heteroatoms. The fraction of sp³-hybridized carbons (Fsp3) is 0.545. The highest BCUT2D eigenvalue weighted by Crippen LogP contribution is 2.16. The summed E-state index contributed by atoms with van der Waals surface area (Å²) in [6.45, 7) is 14.8. The Morgan fingerprint density at radius 1 is 1.00 bits per heavy atom. The molecule has 1 fully saturated rings. The minimum atomic E-state index is 0.751. The lowest BCUT2D eigenvalue weighted by Gasteiger charge is -2.34. The van der Waals surface area contributed by atoms with Crippen molar-refractivity contribution < 1.29 is 0 Å². The molecule has 0 bridgehead atoms. The molecule has 6 nitrogen and oxygen atoms in total. The summed E-state index contributed by atoms with van der Waals surface area (Å²) in [4.78, 5) is 15.1. The lowest BCUT2D eigenvalue weighted by atomic mass is 10.1. The van der Waals surface area contributed by atoms with Crippen LogP contribution in [0.4, 0.5) is 0 Å². The van der Waals surface area contributed by atoms with Gasteiger partial charge in [-0.3, -0.25) is 9.89 Å². The summed E-state index contributed by atoms with van der Waals surface area (Å²) in [6.07, 6.45) is 0. The van der Waals surface area contributed by atoms with Crippen LogP contribution in [0.3, 0.4) is 0 Å². The molecular weight excluding hydrogens is 380 g/mol. The molecule has 2 heterocycles. The molecule has 0 saturated carbocycles. The molecule has 0 spiro atoms. The number of benzene rings is 1. The quantitative estimate of drug-likeness (QED) is 0.539. The average molecular weight is 415 g/mol. The van der Waals surface area contributed by atoms with Gasteiger partial charge in [-0.25, -0.2) is 4.98 Å². The summed E-state index contributed by atoms with van der Waals surface area (Å²) >= 11 is 1.74. The number of hydrogen-bond acceptors (Lipinski definition) is 5. The van der Waals surface area contributed by atoms with Crippen LogP contribution in [0.5, 0.6) is 0 Å². The van der Waals surface area contributed by atoms with Crippen LogP contribution >= 0.6 is 11.3 Å². The number of aromatic nitrogens is 1. The number of guanidine groups is 1. The molecule has 0 radical (unpaired) electrons. The summed E-state index contributed by atoms with van der Waals surface area (Å²) in [6, 6.07) is 8.94. The van der Waals surface area contributed by atoms with Crippen LogP contribution in [0.25, 0.3) is 0 Å². The van der Waals surface area contributed by atoms with E-state index in [9.17, 15) is 0 Å². The Hall–Kier alpha value is -1.96. The van der Waals surface area contributed by atoms with E-state index >= 15 is 0 Å². The Morgan fingerprint density at radius 2 is 1.62 bits per heavy atom. The standard InChI is InChI=1S/C22H34N6S/c1-5-27-10-12-28(13-11-27)16-20-8-6-19(7-9-20)14-24-22(23-4)25-15-21-17(2)26-18(3)29-21/h6-9H,5,10-16H2,1-4H3,(H2,23,24,25). The topological polar surface area (TPSA) is 55.8 Å². The van der Waals surface area contributed by atoms with E-state index in [0.29, 0.717) is 0 Å². The molecule has 1 aliphatic heterocycles. The van der Waals surface area contributed by atoms with E-state index < -0.39 is 0 Å². The van der Waals surface area contributed by atoms with Crippen molar-refractivity contribution in [2.75, 3.05) is 39.8 Å². The third-order valence-electron chi connectivity index (χ3n) is 5.44. The van der Waals surface area contributed by atoms with Crippen molar-refractivity contribution in [3.8, 4) is 0 Å². The normalized spacial score (nSPS) is 16.2. The zero-order valence-corrected chi connectivity index (χ0v) is 19.0. The molecule has 1 aromatic carbocycles. The molecule has 0 aliphatic carbocycles. The third-order valence-corrected chi connectivity index (χ3v) is 6.51. The van der Waals surface area contributed by atoms with Gasteiger partial charge in [0, 0.05) is 51.2 Å². The molecule has 2 N–H and O–H groups in total. The highest BCUT2D eigenvalue weighted by atomic mass is 32.1. The maximum absolute atomic E-state index is 4.48. The van der Waals surface area contributed by atoms with E-state index in [1.807, 2.05) is 14.0 Å². The van der Waals surface area contributed by atoms with E-state index in [1.54, 1.807) is 11.3 Å². The lowest BCUT2D eigenvalue weighted by molar-refractivity contribution is 0.132. The van der Waals surface area contributed by atoms with Crippen molar-refractivity contribution in [1.29, 1.82) is 0 Å². The van der Waals surface area contributed by atoms with Crippen molar-refractivity contribution in [2.24, 2.45) is 4.99 Å². The Kier molecular flexibility index (Phi) is 8.03. The van der Waals surface area contributed by atoms with Crippen LogP contribution in [0.15, 0.2) is 29.3 Å². The van der Waals surface area contributed by atoms with E-state index in [2.05, 4.69) is 68.5 Å². The lowest BCUT2D eigenvalue weighted by Crippen LogP contribution is -2.45. The number of aryl methyl sites for hydroxylation is 2. The van der Waals surface area contributed by atoms with Gasteiger partial charge in [-0.2, -0.15) is 0 Å². The molecule has 0 atom stereocenters. The first-order valence-corrected chi connectivity index (χ1v) is 11.3. The van der Waals surface area contributed by atoms with Crippen LogP contribution in [-0.2, 0) is 19.6 Å². The van der Waals surface area contributed by atoms with Crippen molar-refractivity contribution in [3.63, 3.8) is 0 Å². The van der Waals surface area contributed by atoms with Crippen LogP contribution in [0, 0.1) is 13.8 Å². The molecule has 0 amide bonds. The van der Waals surface area contributed by atoms with Gasteiger partial charge in [0.15, 0.2) is 5.96 Å². The van der Waals surface area contributed by atoms with Gasteiger partial charge in [0.2, 0.25) is 0 Å². The van der Waals surface area contributed by atoms with E-state index in [4.69, 9.17) is 0 Å². The Bertz CT molecular complexity index is 790.